The molecule has 5 rings (SSSR count). The van der Waals surface area contributed by atoms with Gasteiger partial charge in [-0.3, -0.25) is 4.79 Å². The number of aryl methyl sites for hydroxylation is 3. The van der Waals surface area contributed by atoms with Crippen LogP contribution in [0, 0.1) is 20.8 Å². The summed E-state index contributed by atoms with van der Waals surface area (Å²) in [4.78, 5) is 34.0. The quantitative estimate of drug-likeness (QED) is 0.351. The van der Waals surface area contributed by atoms with E-state index in [1.54, 1.807) is 13.0 Å². The first kappa shape index (κ1) is 22.4. The number of furan rings is 1. The molecule has 0 bridgehead atoms. The Hall–Kier alpha value is -4.40. The standard InChI is InChI=1S/C26H24N4O5/c1-13-9-18(15(3)34-13)21-11-19(23-14(2)30-35-25(23)29-21)24(31)28-22(26(32)33-4)10-16-12-27-20-8-6-5-7-17(16)20/h5-9,11-12,22,27H,10H2,1-4H3,(H,28,31)/t22-/m1/s1. The molecule has 0 aliphatic carbocycles. The third-order valence-corrected chi connectivity index (χ3v) is 6.07. The van der Waals surface area contributed by atoms with Crippen molar-refractivity contribution < 1.29 is 23.3 Å². The van der Waals surface area contributed by atoms with Gasteiger partial charge in [-0.1, -0.05) is 23.4 Å². The predicted molar refractivity (Wildman–Crippen MR) is 129 cm³/mol. The van der Waals surface area contributed by atoms with E-state index in [1.165, 1.54) is 7.11 Å². The molecular weight excluding hydrogens is 448 g/mol. The van der Waals surface area contributed by atoms with Crippen LogP contribution in [0.25, 0.3) is 33.3 Å². The number of aromatic amines is 1. The van der Waals surface area contributed by atoms with Gasteiger partial charge < -0.3 is 24.0 Å². The van der Waals surface area contributed by atoms with Crippen molar-refractivity contribution in [3.8, 4) is 11.3 Å². The number of aromatic nitrogens is 3. The van der Waals surface area contributed by atoms with E-state index in [-0.39, 0.29) is 12.1 Å². The fourth-order valence-corrected chi connectivity index (χ4v) is 4.39. The summed E-state index contributed by atoms with van der Waals surface area (Å²) in [5.41, 5.74) is 4.15. The third kappa shape index (κ3) is 4.05. The number of fused-ring (bicyclic) bond motifs is 2. The lowest BCUT2D eigenvalue weighted by Gasteiger charge is -2.17. The molecule has 0 aliphatic rings. The van der Waals surface area contributed by atoms with Crippen LogP contribution in [0.3, 0.4) is 0 Å². The first-order valence-electron chi connectivity index (χ1n) is 11.1. The number of H-pyrrole nitrogens is 1. The van der Waals surface area contributed by atoms with Crippen molar-refractivity contribution in [3.05, 3.63) is 70.9 Å². The maximum atomic E-state index is 13.6. The molecule has 1 aromatic carbocycles. The maximum Gasteiger partial charge on any atom is 0.328 e. The van der Waals surface area contributed by atoms with E-state index in [0.29, 0.717) is 28.1 Å². The number of carbonyl (C=O) groups is 2. The van der Waals surface area contributed by atoms with Gasteiger partial charge in [0, 0.05) is 29.1 Å². The molecule has 0 unspecified atom stereocenters. The molecule has 1 amide bonds. The fraction of sp³-hybridized carbons (Fsp3) is 0.231. The van der Waals surface area contributed by atoms with E-state index >= 15 is 0 Å². The number of rotatable bonds is 6. The number of pyridine rings is 1. The molecule has 0 spiro atoms. The van der Waals surface area contributed by atoms with Crippen molar-refractivity contribution in [2.45, 2.75) is 33.2 Å². The van der Waals surface area contributed by atoms with E-state index in [2.05, 4.69) is 20.4 Å². The summed E-state index contributed by atoms with van der Waals surface area (Å²) in [7, 11) is 1.30. The largest absolute Gasteiger partial charge is 0.467 e. The first-order valence-corrected chi connectivity index (χ1v) is 11.1. The second-order valence-corrected chi connectivity index (χ2v) is 8.44. The van der Waals surface area contributed by atoms with Crippen molar-refractivity contribution in [2.75, 3.05) is 7.11 Å². The summed E-state index contributed by atoms with van der Waals surface area (Å²) < 4.78 is 16.0. The zero-order chi connectivity index (χ0) is 24.7. The van der Waals surface area contributed by atoms with Crippen LogP contribution in [-0.4, -0.2) is 40.2 Å². The van der Waals surface area contributed by atoms with Gasteiger partial charge in [-0.15, -0.1) is 0 Å². The lowest BCUT2D eigenvalue weighted by atomic mass is 10.0. The highest BCUT2D eigenvalue weighted by atomic mass is 16.5. The molecule has 4 aromatic heterocycles. The SMILES string of the molecule is COC(=O)[C@@H](Cc1c[nH]c2ccccc12)NC(=O)c1cc(-c2cc(C)oc2C)nc2onc(C)c12. The molecule has 0 aliphatic heterocycles. The lowest BCUT2D eigenvalue weighted by molar-refractivity contribution is -0.142. The number of amides is 1. The summed E-state index contributed by atoms with van der Waals surface area (Å²) in [6.45, 7) is 5.40. The van der Waals surface area contributed by atoms with Gasteiger partial charge in [-0.05, 0) is 44.5 Å². The van der Waals surface area contributed by atoms with Crippen LogP contribution in [0.2, 0.25) is 0 Å². The highest BCUT2D eigenvalue weighted by Crippen LogP contribution is 2.30. The van der Waals surface area contributed by atoms with Crippen LogP contribution in [0.1, 0.15) is 33.1 Å². The lowest BCUT2D eigenvalue weighted by Crippen LogP contribution is -2.43. The van der Waals surface area contributed by atoms with Gasteiger partial charge in [-0.25, -0.2) is 9.78 Å². The Morgan fingerprint density at radius 2 is 1.97 bits per heavy atom. The summed E-state index contributed by atoms with van der Waals surface area (Å²) in [6, 6.07) is 10.4. The molecule has 4 heterocycles. The van der Waals surface area contributed by atoms with Gasteiger partial charge in [0.25, 0.3) is 11.6 Å². The number of esters is 1. The van der Waals surface area contributed by atoms with Crippen molar-refractivity contribution in [1.82, 2.24) is 20.4 Å². The second kappa shape index (κ2) is 8.75. The number of hydrogen-bond acceptors (Lipinski definition) is 7. The normalized spacial score (nSPS) is 12.2. The van der Waals surface area contributed by atoms with Crippen LogP contribution < -0.4 is 5.32 Å². The van der Waals surface area contributed by atoms with E-state index < -0.39 is 17.9 Å². The molecule has 0 saturated heterocycles. The molecule has 0 saturated carbocycles. The van der Waals surface area contributed by atoms with E-state index in [9.17, 15) is 9.59 Å². The first-order chi connectivity index (χ1) is 16.9. The molecule has 9 heteroatoms. The van der Waals surface area contributed by atoms with Crippen LogP contribution in [0.15, 0.2) is 51.5 Å². The van der Waals surface area contributed by atoms with Crippen molar-refractivity contribution in [2.24, 2.45) is 0 Å². The number of carbonyl (C=O) groups excluding carboxylic acids is 2. The number of benzene rings is 1. The number of nitrogens with one attached hydrogen (secondary N) is 2. The minimum atomic E-state index is -0.906. The Labute approximate surface area is 200 Å². The predicted octanol–water partition coefficient (Wildman–Crippen LogP) is 4.40. The van der Waals surface area contributed by atoms with E-state index in [4.69, 9.17) is 13.7 Å². The van der Waals surface area contributed by atoms with Gasteiger partial charge in [0.05, 0.1) is 29.4 Å². The average molecular weight is 473 g/mol. The summed E-state index contributed by atoms with van der Waals surface area (Å²) in [6.07, 6.45) is 2.09. The Kier molecular flexibility index (Phi) is 5.60. The monoisotopic (exact) mass is 472 g/mol. The van der Waals surface area contributed by atoms with Crippen LogP contribution in [-0.2, 0) is 16.0 Å². The molecular formula is C26H24N4O5. The summed E-state index contributed by atoms with van der Waals surface area (Å²) >= 11 is 0. The van der Waals surface area contributed by atoms with Gasteiger partial charge in [-0.2, -0.15) is 0 Å². The molecule has 5 aromatic rings. The summed E-state index contributed by atoms with van der Waals surface area (Å²) in [5, 5.41) is 8.30. The molecule has 35 heavy (non-hydrogen) atoms. The second-order valence-electron chi connectivity index (χ2n) is 8.44. The van der Waals surface area contributed by atoms with E-state index in [1.807, 2.05) is 50.4 Å². The molecule has 0 radical (unpaired) electrons. The van der Waals surface area contributed by atoms with E-state index in [0.717, 1.165) is 27.8 Å². The Bertz CT molecular complexity index is 1580. The topological polar surface area (TPSA) is 123 Å². The number of para-hydroxylation sites is 1. The van der Waals surface area contributed by atoms with Crippen molar-refractivity contribution in [3.63, 3.8) is 0 Å². The fourth-order valence-electron chi connectivity index (χ4n) is 4.39. The zero-order valence-electron chi connectivity index (χ0n) is 19.8. The Morgan fingerprint density at radius 1 is 1.17 bits per heavy atom. The van der Waals surface area contributed by atoms with Crippen LogP contribution in [0.5, 0.6) is 0 Å². The average Bonchev–Trinajstić information content (AvgIpc) is 3.54. The molecule has 9 nitrogen and oxygen atoms in total. The number of nitrogens with zero attached hydrogens (tertiary/aromatic N) is 2. The van der Waals surface area contributed by atoms with Crippen LogP contribution in [0.4, 0.5) is 0 Å². The van der Waals surface area contributed by atoms with Gasteiger partial charge in [0.15, 0.2) is 0 Å². The molecule has 178 valence electrons. The smallest absolute Gasteiger partial charge is 0.328 e. The van der Waals surface area contributed by atoms with Gasteiger partial charge in [0.2, 0.25) is 0 Å². The minimum absolute atomic E-state index is 0.231. The van der Waals surface area contributed by atoms with Crippen LogP contribution >= 0.6 is 0 Å². The highest BCUT2D eigenvalue weighted by Gasteiger charge is 2.27. The minimum Gasteiger partial charge on any atom is -0.467 e. The number of methoxy groups -OCH3 is 1. The molecule has 2 N–H and O–H groups in total. The zero-order valence-corrected chi connectivity index (χ0v) is 19.8. The molecule has 0 fully saturated rings. The Balaban J connectivity index is 1.53. The highest BCUT2D eigenvalue weighted by molar-refractivity contribution is 6.08. The number of hydrogen-bond donors (Lipinski definition) is 2. The third-order valence-electron chi connectivity index (χ3n) is 6.07. The number of ether oxygens (including phenoxy) is 1. The Morgan fingerprint density at radius 3 is 2.71 bits per heavy atom. The van der Waals surface area contributed by atoms with Gasteiger partial charge >= 0.3 is 5.97 Å². The summed E-state index contributed by atoms with van der Waals surface area (Å²) in [5.74, 6) is 0.392. The van der Waals surface area contributed by atoms with Crippen molar-refractivity contribution >= 4 is 33.9 Å². The van der Waals surface area contributed by atoms with Gasteiger partial charge in [0.1, 0.15) is 17.6 Å². The van der Waals surface area contributed by atoms with Crippen molar-refractivity contribution in [1.29, 1.82) is 0 Å². The maximum absolute atomic E-state index is 13.6. The molecule has 1 atom stereocenters.